The molecule has 0 saturated carbocycles. The molecule has 0 radical (unpaired) electrons. The lowest BCUT2D eigenvalue weighted by Gasteiger charge is -2.49. The van der Waals surface area contributed by atoms with Crippen LogP contribution in [0.25, 0.3) is 0 Å². The molecule has 2 atom stereocenters. The molecule has 2 unspecified atom stereocenters. The van der Waals surface area contributed by atoms with Crippen LogP contribution in [-0.2, 0) is 11.3 Å². The van der Waals surface area contributed by atoms with E-state index in [9.17, 15) is 4.79 Å². The molecule has 2 fully saturated rings. The zero-order chi connectivity index (χ0) is 16.6. The van der Waals surface area contributed by atoms with Crippen molar-refractivity contribution in [1.82, 2.24) is 14.8 Å². The van der Waals surface area contributed by atoms with Gasteiger partial charge in [0.15, 0.2) is 0 Å². The van der Waals surface area contributed by atoms with Crippen LogP contribution in [0.15, 0.2) is 10.6 Å². The van der Waals surface area contributed by atoms with E-state index in [1.165, 1.54) is 6.42 Å². The maximum atomic E-state index is 12.5. The summed E-state index contributed by atoms with van der Waals surface area (Å²) in [6.07, 6.45) is 4.85. The minimum absolute atomic E-state index is 0.168. The third kappa shape index (κ3) is 3.86. The van der Waals surface area contributed by atoms with Crippen molar-refractivity contribution in [3.05, 3.63) is 17.8 Å². The first kappa shape index (κ1) is 16.3. The van der Waals surface area contributed by atoms with Crippen molar-refractivity contribution in [3.8, 4) is 0 Å². The number of likely N-dealkylation sites (tertiary alicyclic amines) is 1. The van der Waals surface area contributed by atoms with E-state index in [0.717, 1.165) is 37.6 Å². The van der Waals surface area contributed by atoms with E-state index >= 15 is 0 Å². The van der Waals surface area contributed by atoms with Crippen LogP contribution in [0, 0.1) is 6.92 Å². The molecule has 2 saturated heterocycles. The fourth-order valence-electron chi connectivity index (χ4n) is 3.60. The molecular weight excluding hydrogens is 294 g/mol. The van der Waals surface area contributed by atoms with Crippen LogP contribution < -0.4 is 0 Å². The summed E-state index contributed by atoms with van der Waals surface area (Å²) < 4.78 is 11.2. The Balaban J connectivity index is 1.67. The molecule has 2 bridgehead atoms. The van der Waals surface area contributed by atoms with Gasteiger partial charge >= 0.3 is 6.09 Å². The molecule has 0 aromatic carbocycles. The first-order valence-corrected chi connectivity index (χ1v) is 8.47. The fraction of sp³-hybridized carbons (Fsp3) is 0.765. The van der Waals surface area contributed by atoms with Gasteiger partial charge in [0.2, 0.25) is 5.89 Å². The van der Waals surface area contributed by atoms with Crippen molar-refractivity contribution in [3.63, 3.8) is 0 Å². The van der Waals surface area contributed by atoms with Crippen molar-refractivity contribution in [2.75, 3.05) is 13.1 Å². The van der Waals surface area contributed by atoms with Gasteiger partial charge in [-0.3, -0.25) is 9.80 Å². The largest absolute Gasteiger partial charge is 0.445 e. The van der Waals surface area contributed by atoms with Crippen molar-refractivity contribution in [2.45, 2.75) is 71.2 Å². The molecule has 2 aliphatic rings. The number of ether oxygens (including phenoxy) is 1. The number of nitrogens with zero attached hydrogens (tertiary/aromatic N) is 3. The van der Waals surface area contributed by atoms with Crippen LogP contribution >= 0.6 is 0 Å². The monoisotopic (exact) mass is 321 g/mol. The molecule has 2 aliphatic heterocycles. The van der Waals surface area contributed by atoms with Gasteiger partial charge in [0.25, 0.3) is 0 Å². The molecule has 1 amide bonds. The van der Waals surface area contributed by atoms with Crippen LogP contribution in [0.5, 0.6) is 0 Å². The quantitative estimate of drug-likeness (QED) is 0.838. The van der Waals surface area contributed by atoms with Gasteiger partial charge in [-0.2, -0.15) is 0 Å². The number of carbonyl (C=O) groups excluding carboxylic acids is 1. The van der Waals surface area contributed by atoms with Crippen molar-refractivity contribution < 1.29 is 13.9 Å². The Hall–Kier alpha value is -1.56. The van der Waals surface area contributed by atoms with Crippen LogP contribution in [0.4, 0.5) is 4.79 Å². The van der Waals surface area contributed by atoms with Gasteiger partial charge < -0.3 is 9.15 Å². The zero-order valence-corrected chi connectivity index (χ0v) is 14.5. The molecular formula is C17H27N3O3. The standard InChI is InChI=1S/C17H27N3O3/c1-12-8-18-15(22-12)11-19-9-13-6-5-7-14(10-19)20(13)16(21)23-17(2,3)4/h8,13-14H,5-7,9-11H2,1-4H3. The van der Waals surface area contributed by atoms with Crippen molar-refractivity contribution in [1.29, 1.82) is 0 Å². The number of rotatable bonds is 2. The molecule has 6 heteroatoms. The molecule has 6 nitrogen and oxygen atoms in total. The second-order valence-electron chi connectivity index (χ2n) is 7.68. The van der Waals surface area contributed by atoms with E-state index in [-0.39, 0.29) is 18.2 Å². The first-order chi connectivity index (χ1) is 10.8. The molecule has 3 rings (SSSR count). The Labute approximate surface area is 137 Å². The van der Waals surface area contributed by atoms with E-state index in [1.807, 2.05) is 32.6 Å². The lowest BCUT2D eigenvalue weighted by molar-refractivity contribution is -0.0402. The second kappa shape index (κ2) is 6.15. The van der Waals surface area contributed by atoms with E-state index < -0.39 is 5.60 Å². The van der Waals surface area contributed by atoms with E-state index in [0.29, 0.717) is 6.54 Å². The number of carbonyl (C=O) groups is 1. The number of piperidine rings is 1. The molecule has 0 spiro atoms. The fourth-order valence-corrected chi connectivity index (χ4v) is 3.60. The van der Waals surface area contributed by atoms with Crippen LogP contribution in [0.3, 0.4) is 0 Å². The van der Waals surface area contributed by atoms with Gasteiger partial charge in [0.1, 0.15) is 11.4 Å². The first-order valence-electron chi connectivity index (χ1n) is 8.47. The highest BCUT2D eigenvalue weighted by Crippen LogP contribution is 2.31. The van der Waals surface area contributed by atoms with E-state index in [4.69, 9.17) is 9.15 Å². The van der Waals surface area contributed by atoms with Crippen molar-refractivity contribution >= 4 is 6.09 Å². The molecule has 0 aliphatic carbocycles. The summed E-state index contributed by atoms with van der Waals surface area (Å²) in [6, 6.07) is 0.460. The summed E-state index contributed by atoms with van der Waals surface area (Å²) in [5.41, 5.74) is -0.446. The average Bonchev–Trinajstić information content (AvgIpc) is 2.81. The van der Waals surface area contributed by atoms with Gasteiger partial charge in [0, 0.05) is 25.2 Å². The Kier molecular flexibility index (Phi) is 4.36. The highest BCUT2D eigenvalue weighted by Gasteiger charge is 2.42. The zero-order valence-electron chi connectivity index (χ0n) is 14.5. The second-order valence-corrected chi connectivity index (χ2v) is 7.68. The Bertz CT molecular complexity index is 550. The van der Waals surface area contributed by atoms with Crippen molar-refractivity contribution in [2.24, 2.45) is 0 Å². The number of amides is 1. The maximum Gasteiger partial charge on any atom is 0.410 e. The number of piperazine rings is 1. The summed E-state index contributed by atoms with van der Waals surface area (Å²) in [4.78, 5) is 21.2. The molecule has 3 heterocycles. The Morgan fingerprint density at radius 2 is 2.00 bits per heavy atom. The summed E-state index contributed by atoms with van der Waals surface area (Å²) in [6.45, 7) is 10.1. The number of aromatic nitrogens is 1. The summed E-state index contributed by atoms with van der Waals surface area (Å²) >= 11 is 0. The smallest absolute Gasteiger partial charge is 0.410 e. The SMILES string of the molecule is Cc1cnc(CN2CC3CCCC(C2)N3C(=O)OC(C)(C)C)o1. The van der Waals surface area contributed by atoms with Gasteiger partial charge in [-0.25, -0.2) is 9.78 Å². The number of fused-ring (bicyclic) bond motifs is 2. The Morgan fingerprint density at radius 3 is 2.52 bits per heavy atom. The lowest BCUT2D eigenvalue weighted by Crippen LogP contribution is -2.62. The van der Waals surface area contributed by atoms with Crippen LogP contribution in [0.1, 0.15) is 51.7 Å². The van der Waals surface area contributed by atoms with Crippen LogP contribution in [0.2, 0.25) is 0 Å². The predicted molar refractivity (Wildman–Crippen MR) is 86.0 cm³/mol. The summed E-state index contributed by atoms with van der Waals surface area (Å²) in [7, 11) is 0. The van der Waals surface area contributed by atoms with Gasteiger partial charge in [-0.1, -0.05) is 0 Å². The molecule has 0 N–H and O–H groups in total. The highest BCUT2D eigenvalue weighted by molar-refractivity contribution is 5.69. The van der Waals surface area contributed by atoms with E-state index in [1.54, 1.807) is 6.20 Å². The summed E-state index contributed by atoms with van der Waals surface area (Å²) in [5.74, 6) is 1.60. The predicted octanol–water partition coefficient (Wildman–Crippen LogP) is 2.96. The van der Waals surface area contributed by atoms with Gasteiger partial charge in [-0.05, 0) is 47.0 Å². The minimum Gasteiger partial charge on any atom is -0.445 e. The van der Waals surface area contributed by atoms with Gasteiger partial charge in [-0.15, -0.1) is 0 Å². The maximum absolute atomic E-state index is 12.5. The molecule has 1 aromatic heterocycles. The van der Waals surface area contributed by atoms with Gasteiger partial charge in [0.05, 0.1) is 12.7 Å². The van der Waals surface area contributed by atoms with E-state index in [2.05, 4.69) is 9.88 Å². The third-order valence-corrected chi connectivity index (χ3v) is 4.43. The number of aryl methyl sites for hydroxylation is 1. The number of hydrogen-bond acceptors (Lipinski definition) is 5. The minimum atomic E-state index is -0.446. The number of oxazole rings is 1. The topological polar surface area (TPSA) is 58.8 Å². The van der Waals surface area contributed by atoms with Crippen LogP contribution in [-0.4, -0.2) is 51.7 Å². The molecule has 1 aromatic rings. The molecule has 128 valence electrons. The highest BCUT2D eigenvalue weighted by atomic mass is 16.6. The molecule has 23 heavy (non-hydrogen) atoms. The summed E-state index contributed by atoms with van der Waals surface area (Å²) in [5, 5.41) is 0. The third-order valence-electron chi connectivity index (χ3n) is 4.43. The average molecular weight is 321 g/mol. The lowest BCUT2D eigenvalue weighted by atomic mass is 9.91. The normalized spacial score (nSPS) is 25.5. The number of hydrogen-bond donors (Lipinski definition) is 0. The Morgan fingerprint density at radius 1 is 1.35 bits per heavy atom.